The van der Waals surface area contributed by atoms with E-state index in [0.717, 1.165) is 16.9 Å². The topological polar surface area (TPSA) is 70.2 Å². The summed E-state index contributed by atoms with van der Waals surface area (Å²) in [7, 11) is 3.26. The summed E-state index contributed by atoms with van der Waals surface area (Å²) in [6.07, 6.45) is 0.990. The Labute approximate surface area is 153 Å². The van der Waals surface area contributed by atoms with Gasteiger partial charge in [-0.2, -0.15) is 0 Å². The maximum absolute atomic E-state index is 12.6. The van der Waals surface area contributed by atoms with Crippen LogP contribution >= 0.6 is 0 Å². The first-order valence-corrected chi connectivity index (χ1v) is 8.86. The SMILES string of the molecule is COc1cc(CCC(=O)N2CCN3C(=O)CN(C)C(=O)[C@H]3C2)ccc1C. The highest BCUT2D eigenvalue weighted by Gasteiger charge is 2.42. The monoisotopic (exact) mass is 359 g/mol. The zero-order chi connectivity index (χ0) is 18.8. The van der Waals surface area contributed by atoms with E-state index < -0.39 is 6.04 Å². The van der Waals surface area contributed by atoms with Crippen molar-refractivity contribution >= 4 is 17.7 Å². The lowest BCUT2D eigenvalue weighted by Gasteiger charge is -2.45. The van der Waals surface area contributed by atoms with Crippen LogP contribution in [0.15, 0.2) is 18.2 Å². The summed E-state index contributed by atoms with van der Waals surface area (Å²) in [5.74, 6) is 0.692. The number of rotatable bonds is 4. The molecule has 0 aromatic heterocycles. The van der Waals surface area contributed by atoms with Crippen molar-refractivity contribution in [3.8, 4) is 5.75 Å². The van der Waals surface area contributed by atoms with Gasteiger partial charge in [-0.15, -0.1) is 0 Å². The minimum absolute atomic E-state index is 0.0117. The first kappa shape index (κ1) is 18.2. The van der Waals surface area contributed by atoms with Crippen LogP contribution in [0.5, 0.6) is 5.75 Å². The lowest BCUT2D eigenvalue weighted by molar-refractivity contribution is -0.160. The van der Waals surface area contributed by atoms with E-state index in [4.69, 9.17) is 4.74 Å². The molecule has 1 aromatic carbocycles. The van der Waals surface area contributed by atoms with E-state index >= 15 is 0 Å². The molecule has 2 fully saturated rings. The van der Waals surface area contributed by atoms with Crippen molar-refractivity contribution in [2.45, 2.75) is 25.8 Å². The molecule has 0 saturated carbocycles. The van der Waals surface area contributed by atoms with Gasteiger partial charge in [0.15, 0.2) is 0 Å². The van der Waals surface area contributed by atoms with Crippen molar-refractivity contribution in [1.82, 2.24) is 14.7 Å². The number of aryl methyl sites for hydroxylation is 2. The average molecular weight is 359 g/mol. The van der Waals surface area contributed by atoms with Gasteiger partial charge < -0.3 is 19.4 Å². The molecule has 7 heteroatoms. The number of methoxy groups -OCH3 is 1. The Kier molecular flexibility index (Phi) is 5.15. The second-order valence-corrected chi connectivity index (χ2v) is 6.94. The van der Waals surface area contributed by atoms with Gasteiger partial charge >= 0.3 is 0 Å². The molecular formula is C19H25N3O4. The van der Waals surface area contributed by atoms with Crippen molar-refractivity contribution in [3.05, 3.63) is 29.3 Å². The van der Waals surface area contributed by atoms with E-state index in [9.17, 15) is 14.4 Å². The Bertz CT molecular complexity index is 733. The number of piperazine rings is 2. The predicted molar refractivity (Wildman–Crippen MR) is 95.8 cm³/mol. The Morgan fingerprint density at radius 3 is 2.77 bits per heavy atom. The number of likely N-dealkylation sites (N-methyl/N-ethyl adjacent to an activating group) is 1. The highest BCUT2D eigenvalue weighted by Crippen LogP contribution is 2.21. The number of benzene rings is 1. The molecule has 3 amide bonds. The van der Waals surface area contributed by atoms with Gasteiger partial charge in [0.2, 0.25) is 17.7 Å². The number of carbonyl (C=O) groups excluding carboxylic acids is 3. The molecule has 0 spiro atoms. The minimum atomic E-state index is -0.543. The van der Waals surface area contributed by atoms with E-state index in [1.54, 1.807) is 24.0 Å². The number of fused-ring (bicyclic) bond motifs is 1. The Morgan fingerprint density at radius 2 is 2.04 bits per heavy atom. The third-order valence-corrected chi connectivity index (χ3v) is 5.19. The number of hydrogen-bond acceptors (Lipinski definition) is 4. The van der Waals surface area contributed by atoms with Crippen LogP contribution < -0.4 is 4.74 Å². The first-order chi connectivity index (χ1) is 12.4. The van der Waals surface area contributed by atoms with Crippen LogP contribution in [0, 0.1) is 6.92 Å². The smallest absolute Gasteiger partial charge is 0.247 e. The third-order valence-electron chi connectivity index (χ3n) is 5.19. The molecule has 0 radical (unpaired) electrons. The molecule has 140 valence electrons. The normalized spacial score (nSPS) is 20.3. The average Bonchev–Trinajstić information content (AvgIpc) is 2.64. The molecule has 7 nitrogen and oxygen atoms in total. The summed E-state index contributed by atoms with van der Waals surface area (Å²) < 4.78 is 5.32. The quantitative estimate of drug-likeness (QED) is 0.783. The van der Waals surface area contributed by atoms with Crippen LogP contribution in [0.1, 0.15) is 17.5 Å². The van der Waals surface area contributed by atoms with E-state index in [2.05, 4.69) is 0 Å². The van der Waals surface area contributed by atoms with Gasteiger partial charge in [-0.1, -0.05) is 12.1 Å². The van der Waals surface area contributed by atoms with Crippen LogP contribution in [-0.4, -0.2) is 78.8 Å². The van der Waals surface area contributed by atoms with Gasteiger partial charge in [-0.25, -0.2) is 0 Å². The summed E-state index contributed by atoms with van der Waals surface area (Å²) in [5, 5.41) is 0. The lowest BCUT2D eigenvalue weighted by Crippen LogP contribution is -2.66. The number of amides is 3. The molecule has 0 N–H and O–H groups in total. The molecular weight excluding hydrogens is 334 g/mol. The van der Waals surface area contributed by atoms with Gasteiger partial charge in [0.05, 0.1) is 20.2 Å². The summed E-state index contributed by atoms with van der Waals surface area (Å²) in [6.45, 7) is 3.29. The van der Waals surface area contributed by atoms with Gasteiger partial charge in [0.25, 0.3) is 0 Å². The second kappa shape index (κ2) is 7.35. The molecule has 0 bridgehead atoms. The predicted octanol–water partition coefficient (Wildman–Crippen LogP) is 0.448. The van der Waals surface area contributed by atoms with Crippen LogP contribution in [0.25, 0.3) is 0 Å². The van der Waals surface area contributed by atoms with E-state index in [1.807, 2.05) is 25.1 Å². The lowest BCUT2D eigenvalue weighted by atomic mass is 10.0. The number of ether oxygens (including phenoxy) is 1. The highest BCUT2D eigenvalue weighted by atomic mass is 16.5. The minimum Gasteiger partial charge on any atom is -0.496 e. The zero-order valence-corrected chi connectivity index (χ0v) is 15.5. The van der Waals surface area contributed by atoms with E-state index in [1.165, 1.54) is 4.90 Å². The summed E-state index contributed by atoms with van der Waals surface area (Å²) >= 11 is 0. The molecule has 3 rings (SSSR count). The van der Waals surface area contributed by atoms with Gasteiger partial charge in [0.1, 0.15) is 11.8 Å². The summed E-state index contributed by atoms with van der Waals surface area (Å²) in [4.78, 5) is 41.8. The van der Waals surface area contributed by atoms with Crippen molar-refractivity contribution in [3.63, 3.8) is 0 Å². The van der Waals surface area contributed by atoms with Gasteiger partial charge in [-0.3, -0.25) is 14.4 Å². The van der Waals surface area contributed by atoms with Gasteiger partial charge in [-0.05, 0) is 30.5 Å². The summed E-state index contributed by atoms with van der Waals surface area (Å²) in [5.41, 5.74) is 2.10. The third kappa shape index (κ3) is 3.52. The van der Waals surface area contributed by atoms with Crippen molar-refractivity contribution in [2.24, 2.45) is 0 Å². The zero-order valence-electron chi connectivity index (χ0n) is 15.5. The molecule has 0 unspecified atom stereocenters. The second-order valence-electron chi connectivity index (χ2n) is 6.94. The fourth-order valence-electron chi connectivity index (χ4n) is 3.57. The van der Waals surface area contributed by atoms with Crippen LogP contribution in [0.2, 0.25) is 0 Å². The number of hydrogen-bond donors (Lipinski definition) is 0. The number of nitrogens with zero attached hydrogens (tertiary/aromatic N) is 3. The molecule has 1 atom stereocenters. The largest absolute Gasteiger partial charge is 0.496 e. The molecule has 2 saturated heterocycles. The van der Waals surface area contributed by atoms with Crippen LogP contribution in [0.3, 0.4) is 0 Å². The Balaban J connectivity index is 1.60. The van der Waals surface area contributed by atoms with Crippen LogP contribution in [-0.2, 0) is 20.8 Å². The fourth-order valence-corrected chi connectivity index (χ4v) is 3.57. The Morgan fingerprint density at radius 1 is 1.27 bits per heavy atom. The molecule has 26 heavy (non-hydrogen) atoms. The maximum atomic E-state index is 12.6. The first-order valence-electron chi connectivity index (χ1n) is 8.86. The van der Waals surface area contributed by atoms with Crippen molar-refractivity contribution < 1.29 is 19.1 Å². The maximum Gasteiger partial charge on any atom is 0.247 e. The molecule has 2 aliphatic heterocycles. The fraction of sp³-hybridized carbons (Fsp3) is 0.526. The van der Waals surface area contributed by atoms with Crippen molar-refractivity contribution in [1.29, 1.82) is 0 Å². The number of carbonyl (C=O) groups is 3. The van der Waals surface area contributed by atoms with Crippen molar-refractivity contribution in [2.75, 3.05) is 40.3 Å². The Hall–Kier alpha value is -2.57. The van der Waals surface area contributed by atoms with E-state index in [0.29, 0.717) is 25.9 Å². The van der Waals surface area contributed by atoms with Gasteiger partial charge in [0, 0.05) is 26.6 Å². The molecule has 2 heterocycles. The highest BCUT2D eigenvalue weighted by molar-refractivity contribution is 5.95. The summed E-state index contributed by atoms with van der Waals surface area (Å²) in [6, 6.07) is 5.40. The molecule has 1 aromatic rings. The standard InChI is InChI=1S/C19H25N3O4/c1-13-4-5-14(10-16(13)26-3)6-7-17(23)21-8-9-22-15(11-21)19(25)20(2)12-18(22)24/h4-5,10,15H,6-9,11-12H2,1-3H3/t15-/m1/s1. The van der Waals surface area contributed by atoms with E-state index in [-0.39, 0.29) is 30.8 Å². The molecule has 2 aliphatic rings. The molecule has 0 aliphatic carbocycles. The van der Waals surface area contributed by atoms with Crippen LogP contribution in [0.4, 0.5) is 0 Å².